The lowest BCUT2D eigenvalue weighted by molar-refractivity contribution is 0.217. The third kappa shape index (κ3) is 2.20. The molecule has 1 aromatic carbocycles. The Kier molecular flexibility index (Phi) is 3.87. The van der Waals surface area contributed by atoms with E-state index in [0.717, 1.165) is 25.1 Å². The van der Waals surface area contributed by atoms with Gasteiger partial charge in [0.15, 0.2) is 0 Å². The van der Waals surface area contributed by atoms with Gasteiger partial charge in [0.1, 0.15) is 0 Å². The van der Waals surface area contributed by atoms with Gasteiger partial charge in [0.25, 0.3) is 0 Å². The third-order valence-electron chi connectivity index (χ3n) is 3.64. The number of para-hydroxylation sites is 1. The number of anilines is 1. The molecule has 0 aromatic heterocycles. The first-order valence-corrected chi connectivity index (χ1v) is 6.51. The molecular formula is C14H21N3O. The van der Waals surface area contributed by atoms with E-state index in [9.17, 15) is 4.79 Å². The molecule has 0 spiro atoms. The predicted molar refractivity (Wildman–Crippen MR) is 73.8 cm³/mol. The minimum absolute atomic E-state index is 0.0781. The Morgan fingerprint density at radius 1 is 1.39 bits per heavy atom. The van der Waals surface area contributed by atoms with Crippen LogP contribution in [0.3, 0.4) is 0 Å². The molecule has 0 bridgehead atoms. The van der Waals surface area contributed by atoms with Crippen molar-refractivity contribution in [3.63, 3.8) is 0 Å². The van der Waals surface area contributed by atoms with Crippen LogP contribution in [0, 0.1) is 0 Å². The molecule has 1 aromatic rings. The Hall–Kier alpha value is -1.55. The van der Waals surface area contributed by atoms with Gasteiger partial charge in [-0.05, 0) is 31.0 Å². The van der Waals surface area contributed by atoms with E-state index in [0.29, 0.717) is 6.54 Å². The molecule has 0 saturated carbocycles. The van der Waals surface area contributed by atoms with Gasteiger partial charge in [0.2, 0.25) is 0 Å². The second kappa shape index (κ2) is 5.40. The van der Waals surface area contributed by atoms with Crippen LogP contribution < -0.4 is 10.6 Å². The van der Waals surface area contributed by atoms with E-state index < -0.39 is 0 Å². The zero-order valence-electron chi connectivity index (χ0n) is 11.1. The highest BCUT2D eigenvalue weighted by Crippen LogP contribution is 2.27. The van der Waals surface area contributed by atoms with E-state index in [1.165, 1.54) is 5.56 Å². The second-order valence-corrected chi connectivity index (χ2v) is 4.72. The summed E-state index contributed by atoms with van der Waals surface area (Å²) < 4.78 is 0. The molecule has 1 unspecified atom stereocenters. The average Bonchev–Trinajstić information content (AvgIpc) is 2.67. The minimum Gasteiger partial charge on any atom is -0.330 e. The van der Waals surface area contributed by atoms with E-state index >= 15 is 0 Å². The quantitative estimate of drug-likeness (QED) is 0.882. The summed E-state index contributed by atoms with van der Waals surface area (Å²) >= 11 is 0. The molecule has 0 aliphatic carbocycles. The molecular weight excluding hydrogens is 226 g/mol. The second-order valence-electron chi connectivity index (χ2n) is 4.72. The number of hydrogen-bond acceptors (Lipinski definition) is 2. The number of amides is 2. The lowest BCUT2D eigenvalue weighted by Crippen LogP contribution is -2.32. The lowest BCUT2D eigenvalue weighted by Gasteiger charge is -2.19. The molecule has 2 rings (SSSR count). The summed E-state index contributed by atoms with van der Waals surface area (Å²) in [5.41, 5.74) is 7.85. The van der Waals surface area contributed by atoms with E-state index in [4.69, 9.17) is 5.73 Å². The summed E-state index contributed by atoms with van der Waals surface area (Å²) in [5, 5.41) is 0. The summed E-state index contributed by atoms with van der Waals surface area (Å²) in [7, 11) is 1.86. The number of nitrogens with zero attached hydrogens (tertiary/aromatic N) is 2. The fourth-order valence-electron chi connectivity index (χ4n) is 2.51. The maximum atomic E-state index is 12.3. The van der Waals surface area contributed by atoms with Gasteiger partial charge in [0, 0.05) is 19.3 Å². The molecule has 2 amide bonds. The first-order valence-electron chi connectivity index (χ1n) is 6.51. The first-order chi connectivity index (χ1) is 8.69. The maximum Gasteiger partial charge on any atom is 0.324 e. The first kappa shape index (κ1) is 12.9. The molecule has 1 saturated heterocycles. The summed E-state index contributed by atoms with van der Waals surface area (Å²) in [6.07, 6.45) is 1.79. The molecule has 1 atom stereocenters. The summed E-state index contributed by atoms with van der Waals surface area (Å²) in [6, 6.07) is 8.41. The van der Waals surface area contributed by atoms with Gasteiger partial charge in [-0.25, -0.2) is 4.79 Å². The van der Waals surface area contributed by atoms with Crippen LogP contribution in [0.25, 0.3) is 0 Å². The van der Waals surface area contributed by atoms with Crippen LogP contribution in [-0.2, 0) is 6.42 Å². The largest absolute Gasteiger partial charge is 0.330 e. The van der Waals surface area contributed by atoms with Gasteiger partial charge < -0.3 is 10.6 Å². The number of aryl methyl sites for hydroxylation is 1. The highest BCUT2D eigenvalue weighted by atomic mass is 16.2. The Balaban J connectivity index is 2.26. The molecule has 1 heterocycles. The summed E-state index contributed by atoms with van der Waals surface area (Å²) in [6.45, 7) is 3.47. The maximum absolute atomic E-state index is 12.3. The number of carbonyl (C=O) groups is 1. The van der Waals surface area contributed by atoms with Crippen molar-refractivity contribution >= 4 is 11.7 Å². The van der Waals surface area contributed by atoms with Crippen LogP contribution in [0.5, 0.6) is 0 Å². The van der Waals surface area contributed by atoms with Crippen molar-refractivity contribution in [1.29, 1.82) is 0 Å². The van der Waals surface area contributed by atoms with Crippen molar-refractivity contribution in [2.45, 2.75) is 25.8 Å². The number of hydrogen-bond donors (Lipinski definition) is 1. The number of carbonyl (C=O) groups excluding carboxylic acids is 1. The van der Waals surface area contributed by atoms with Crippen molar-refractivity contribution in [2.75, 3.05) is 25.0 Å². The van der Waals surface area contributed by atoms with Gasteiger partial charge in [-0.2, -0.15) is 0 Å². The molecule has 1 aliphatic heterocycles. The summed E-state index contributed by atoms with van der Waals surface area (Å²) in [4.78, 5) is 15.9. The van der Waals surface area contributed by atoms with Crippen molar-refractivity contribution in [1.82, 2.24) is 4.90 Å². The Morgan fingerprint density at radius 3 is 2.78 bits per heavy atom. The van der Waals surface area contributed by atoms with E-state index in [1.807, 2.05) is 30.1 Å². The van der Waals surface area contributed by atoms with Crippen LogP contribution in [0.1, 0.15) is 18.9 Å². The number of benzene rings is 1. The zero-order chi connectivity index (χ0) is 13.1. The normalized spacial score (nSPS) is 19.7. The van der Waals surface area contributed by atoms with Gasteiger partial charge >= 0.3 is 6.03 Å². The Morgan fingerprint density at radius 2 is 2.11 bits per heavy atom. The third-order valence-corrected chi connectivity index (χ3v) is 3.64. The number of rotatable bonds is 4. The van der Waals surface area contributed by atoms with E-state index in [2.05, 4.69) is 13.0 Å². The van der Waals surface area contributed by atoms with Crippen LogP contribution in [-0.4, -0.2) is 37.1 Å². The van der Waals surface area contributed by atoms with Gasteiger partial charge in [-0.3, -0.25) is 4.90 Å². The topological polar surface area (TPSA) is 49.6 Å². The average molecular weight is 247 g/mol. The number of urea groups is 1. The molecule has 4 nitrogen and oxygen atoms in total. The minimum atomic E-state index is 0.0781. The van der Waals surface area contributed by atoms with E-state index in [1.54, 1.807) is 4.90 Å². The highest BCUT2D eigenvalue weighted by molar-refractivity contribution is 5.95. The molecule has 1 fully saturated rings. The van der Waals surface area contributed by atoms with Gasteiger partial charge in [0.05, 0.1) is 6.04 Å². The highest BCUT2D eigenvalue weighted by Gasteiger charge is 2.35. The molecule has 0 radical (unpaired) electrons. The van der Waals surface area contributed by atoms with Crippen molar-refractivity contribution in [2.24, 2.45) is 5.73 Å². The predicted octanol–water partition coefficient (Wildman–Crippen LogP) is 1.84. The van der Waals surface area contributed by atoms with Crippen molar-refractivity contribution in [3.05, 3.63) is 29.8 Å². The fraction of sp³-hybridized carbons (Fsp3) is 0.500. The molecule has 4 heteroatoms. The standard InChI is InChI=1S/C14H21N3O/c1-3-11-6-4-5-7-13(11)17-10-12(8-9-15)16(2)14(17)18/h4-7,12H,3,8-10,15H2,1-2H3. The molecule has 18 heavy (non-hydrogen) atoms. The molecule has 1 aliphatic rings. The fourth-order valence-corrected chi connectivity index (χ4v) is 2.51. The van der Waals surface area contributed by atoms with Crippen LogP contribution in [0.4, 0.5) is 10.5 Å². The van der Waals surface area contributed by atoms with Crippen LogP contribution in [0.2, 0.25) is 0 Å². The van der Waals surface area contributed by atoms with Gasteiger partial charge in [-0.1, -0.05) is 25.1 Å². The Bertz CT molecular complexity index is 433. The Labute approximate surface area is 108 Å². The lowest BCUT2D eigenvalue weighted by atomic mass is 10.1. The van der Waals surface area contributed by atoms with Crippen LogP contribution in [0.15, 0.2) is 24.3 Å². The smallest absolute Gasteiger partial charge is 0.324 e. The summed E-state index contributed by atoms with van der Waals surface area (Å²) in [5.74, 6) is 0. The number of nitrogens with two attached hydrogens (primary N) is 1. The molecule has 2 N–H and O–H groups in total. The van der Waals surface area contributed by atoms with Gasteiger partial charge in [-0.15, -0.1) is 0 Å². The van der Waals surface area contributed by atoms with E-state index in [-0.39, 0.29) is 12.1 Å². The van der Waals surface area contributed by atoms with Crippen molar-refractivity contribution in [3.8, 4) is 0 Å². The SMILES string of the molecule is CCc1ccccc1N1CC(CCN)N(C)C1=O. The number of likely N-dealkylation sites (N-methyl/N-ethyl adjacent to an activating group) is 1. The monoisotopic (exact) mass is 247 g/mol. The molecule has 98 valence electrons. The van der Waals surface area contributed by atoms with Crippen molar-refractivity contribution < 1.29 is 4.79 Å². The zero-order valence-corrected chi connectivity index (χ0v) is 11.1. The van der Waals surface area contributed by atoms with Crippen LogP contribution >= 0.6 is 0 Å².